The van der Waals surface area contributed by atoms with Crippen LogP contribution in [0.25, 0.3) is 0 Å². The Balaban J connectivity index is 0.000000364. The van der Waals surface area contributed by atoms with Crippen LogP contribution in [-0.4, -0.2) is 23.5 Å². The molecule has 1 nitrogen and oxygen atoms in total. The maximum atomic E-state index is 2.62. The van der Waals surface area contributed by atoms with E-state index in [-0.39, 0.29) is 0 Å². The normalized spacial score (nSPS) is 22.7. The molecule has 1 aliphatic rings. The number of rotatable bonds is 2. The van der Waals surface area contributed by atoms with Crippen molar-refractivity contribution in [3.05, 3.63) is 0 Å². The Morgan fingerprint density at radius 3 is 1.93 bits per heavy atom. The van der Waals surface area contributed by atoms with Gasteiger partial charge in [-0.3, -0.25) is 4.90 Å². The lowest BCUT2D eigenvalue weighted by Gasteiger charge is -2.27. The zero-order valence-corrected chi connectivity index (χ0v) is 11.0. The molecule has 0 bridgehead atoms. The van der Waals surface area contributed by atoms with Crippen LogP contribution in [0.15, 0.2) is 0 Å². The quantitative estimate of drug-likeness (QED) is 0.651. The van der Waals surface area contributed by atoms with Crippen molar-refractivity contribution in [2.24, 2.45) is 5.92 Å². The smallest absolute Gasteiger partial charge is 0.00958 e. The van der Waals surface area contributed by atoms with Gasteiger partial charge in [0.2, 0.25) is 0 Å². The van der Waals surface area contributed by atoms with E-state index in [0.29, 0.717) is 0 Å². The molecule has 0 spiro atoms. The van der Waals surface area contributed by atoms with Gasteiger partial charge in [0.1, 0.15) is 0 Å². The molecule has 1 saturated heterocycles. The van der Waals surface area contributed by atoms with E-state index in [1.807, 2.05) is 0 Å². The minimum absolute atomic E-state index is 0.757. The summed E-state index contributed by atoms with van der Waals surface area (Å²) in [5.74, 6) is 0.833. The molecule has 0 radical (unpaired) electrons. The molecule has 86 valence electrons. The molecule has 1 atom stereocenters. The first-order chi connectivity index (χ1) is 6.49. The summed E-state index contributed by atoms with van der Waals surface area (Å²) >= 11 is 0. The molecule has 0 aromatic rings. The molecule has 14 heavy (non-hydrogen) atoms. The van der Waals surface area contributed by atoms with E-state index in [1.54, 1.807) is 0 Å². The molecule has 0 aromatic carbocycles. The third-order valence-electron chi connectivity index (χ3n) is 2.56. The lowest BCUT2D eigenvalue weighted by molar-refractivity contribution is 0.199. The van der Waals surface area contributed by atoms with E-state index in [4.69, 9.17) is 0 Å². The van der Waals surface area contributed by atoms with Gasteiger partial charge >= 0.3 is 0 Å². The summed E-state index contributed by atoms with van der Waals surface area (Å²) in [5.41, 5.74) is 0. The Labute approximate surface area is 90.9 Å². The second-order valence-corrected chi connectivity index (χ2v) is 5.27. The summed E-state index contributed by atoms with van der Waals surface area (Å²) in [6.45, 7) is 14.7. The van der Waals surface area contributed by atoms with Crippen LogP contribution >= 0.6 is 0 Å². The Kier molecular flexibility index (Phi) is 7.26. The van der Waals surface area contributed by atoms with Gasteiger partial charge in [0.25, 0.3) is 0 Å². The average Bonchev–Trinajstić information content (AvgIpc) is 2.49. The van der Waals surface area contributed by atoms with Gasteiger partial charge in [-0.15, -0.1) is 0 Å². The first-order valence-corrected chi connectivity index (χ1v) is 6.24. The molecule has 0 saturated carbocycles. The van der Waals surface area contributed by atoms with Crippen LogP contribution in [0.4, 0.5) is 0 Å². The maximum Gasteiger partial charge on any atom is 0.00958 e. The molecule has 1 heteroatoms. The standard InChI is InChI=1S/C9H19N.C4H10/c1-4-9-6-5-7-10(9)8(2)3;1-4(2)3/h8-9H,4-7H2,1-3H3;4H,1-3H3. The highest BCUT2D eigenvalue weighted by atomic mass is 15.2. The predicted octanol–water partition coefficient (Wildman–Crippen LogP) is 3.93. The fourth-order valence-electron chi connectivity index (χ4n) is 1.98. The number of likely N-dealkylation sites (tertiary alicyclic amines) is 1. The van der Waals surface area contributed by atoms with Crippen molar-refractivity contribution in [1.82, 2.24) is 4.90 Å². The van der Waals surface area contributed by atoms with Gasteiger partial charge in [0.15, 0.2) is 0 Å². The second kappa shape index (κ2) is 7.28. The fraction of sp³-hybridized carbons (Fsp3) is 1.00. The summed E-state index contributed by atoms with van der Waals surface area (Å²) in [6.07, 6.45) is 4.17. The highest BCUT2D eigenvalue weighted by Crippen LogP contribution is 2.21. The number of hydrogen-bond donors (Lipinski definition) is 0. The lowest BCUT2D eigenvalue weighted by Crippen LogP contribution is -2.34. The van der Waals surface area contributed by atoms with Gasteiger partial charge in [0.05, 0.1) is 0 Å². The molecule has 0 amide bonds. The lowest BCUT2D eigenvalue weighted by atomic mass is 10.1. The summed E-state index contributed by atoms with van der Waals surface area (Å²) in [7, 11) is 0. The van der Waals surface area contributed by atoms with Crippen LogP contribution < -0.4 is 0 Å². The van der Waals surface area contributed by atoms with Gasteiger partial charge in [0, 0.05) is 12.1 Å². The first kappa shape index (κ1) is 14.0. The molecule has 1 heterocycles. The Morgan fingerprint density at radius 2 is 1.64 bits per heavy atom. The van der Waals surface area contributed by atoms with E-state index in [1.165, 1.54) is 25.8 Å². The molecule has 0 aromatic heterocycles. The fourth-order valence-corrected chi connectivity index (χ4v) is 1.98. The number of hydrogen-bond acceptors (Lipinski definition) is 1. The highest BCUT2D eigenvalue weighted by Gasteiger charge is 2.24. The maximum absolute atomic E-state index is 2.62. The van der Waals surface area contributed by atoms with Gasteiger partial charge in [-0.2, -0.15) is 0 Å². The molecule has 0 N–H and O–H groups in total. The van der Waals surface area contributed by atoms with Crippen molar-refractivity contribution in [1.29, 1.82) is 0 Å². The molecular weight excluding hydrogens is 170 g/mol. The van der Waals surface area contributed by atoms with Crippen molar-refractivity contribution in [2.75, 3.05) is 6.54 Å². The van der Waals surface area contributed by atoms with Crippen LogP contribution in [0.5, 0.6) is 0 Å². The average molecular weight is 199 g/mol. The Hall–Kier alpha value is -0.0400. The Bertz CT molecular complexity index is 126. The van der Waals surface area contributed by atoms with Crippen LogP contribution in [0.1, 0.15) is 60.8 Å². The zero-order chi connectivity index (χ0) is 11.1. The van der Waals surface area contributed by atoms with E-state index in [0.717, 1.165) is 18.0 Å². The summed E-state index contributed by atoms with van der Waals surface area (Å²) < 4.78 is 0. The monoisotopic (exact) mass is 199 g/mol. The molecule has 0 aliphatic carbocycles. The van der Waals surface area contributed by atoms with Crippen LogP contribution in [-0.2, 0) is 0 Å². The first-order valence-electron chi connectivity index (χ1n) is 6.24. The van der Waals surface area contributed by atoms with E-state index in [2.05, 4.69) is 46.4 Å². The Morgan fingerprint density at radius 1 is 1.14 bits per heavy atom. The van der Waals surface area contributed by atoms with E-state index < -0.39 is 0 Å². The van der Waals surface area contributed by atoms with E-state index >= 15 is 0 Å². The van der Waals surface area contributed by atoms with Crippen LogP contribution in [0.3, 0.4) is 0 Å². The molecular formula is C13H29N. The molecule has 1 unspecified atom stereocenters. The van der Waals surface area contributed by atoms with Crippen LogP contribution in [0.2, 0.25) is 0 Å². The second-order valence-electron chi connectivity index (χ2n) is 5.27. The molecule has 1 aliphatic heterocycles. The van der Waals surface area contributed by atoms with Gasteiger partial charge < -0.3 is 0 Å². The minimum atomic E-state index is 0.757. The minimum Gasteiger partial charge on any atom is -0.298 e. The highest BCUT2D eigenvalue weighted by molar-refractivity contribution is 4.79. The van der Waals surface area contributed by atoms with Crippen molar-refractivity contribution in [3.8, 4) is 0 Å². The SMILES string of the molecule is CC(C)C.CCC1CCCN1C(C)C. The number of nitrogens with zero attached hydrogens (tertiary/aromatic N) is 1. The van der Waals surface area contributed by atoms with Crippen molar-refractivity contribution < 1.29 is 0 Å². The predicted molar refractivity (Wildman–Crippen MR) is 65.7 cm³/mol. The zero-order valence-electron chi connectivity index (χ0n) is 11.0. The molecule has 1 rings (SSSR count). The van der Waals surface area contributed by atoms with Crippen molar-refractivity contribution >= 4 is 0 Å². The van der Waals surface area contributed by atoms with Crippen LogP contribution in [0, 0.1) is 5.92 Å². The topological polar surface area (TPSA) is 3.24 Å². The third-order valence-corrected chi connectivity index (χ3v) is 2.56. The molecule has 1 fully saturated rings. The van der Waals surface area contributed by atoms with E-state index in [9.17, 15) is 0 Å². The van der Waals surface area contributed by atoms with Crippen molar-refractivity contribution in [3.63, 3.8) is 0 Å². The van der Waals surface area contributed by atoms with Gasteiger partial charge in [-0.05, 0) is 45.6 Å². The summed E-state index contributed by atoms with van der Waals surface area (Å²) in [6, 6.07) is 1.65. The largest absolute Gasteiger partial charge is 0.298 e. The third kappa shape index (κ3) is 5.64. The van der Waals surface area contributed by atoms with Crippen molar-refractivity contribution in [2.45, 2.75) is 72.9 Å². The van der Waals surface area contributed by atoms with Gasteiger partial charge in [-0.25, -0.2) is 0 Å². The summed E-state index contributed by atoms with van der Waals surface area (Å²) in [4.78, 5) is 2.62. The van der Waals surface area contributed by atoms with Gasteiger partial charge in [-0.1, -0.05) is 27.7 Å². The summed E-state index contributed by atoms with van der Waals surface area (Å²) in [5, 5.41) is 0.